The molecule has 6 heteroatoms. The smallest absolute Gasteiger partial charge is 0.242 e. The molecule has 0 unspecified atom stereocenters. The van der Waals surface area contributed by atoms with Crippen LogP contribution in [0.5, 0.6) is 0 Å². The van der Waals surface area contributed by atoms with Gasteiger partial charge < -0.3 is 9.73 Å². The van der Waals surface area contributed by atoms with Crippen LogP contribution in [-0.2, 0) is 6.54 Å². The van der Waals surface area contributed by atoms with Crippen molar-refractivity contribution in [2.45, 2.75) is 6.54 Å². The number of rotatable bonds is 4. The molecule has 2 N–H and O–H groups in total. The summed E-state index contributed by atoms with van der Waals surface area (Å²) in [4.78, 5) is 4.28. The zero-order valence-corrected chi connectivity index (χ0v) is 10.7. The van der Waals surface area contributed by atoms with Gasteiger partial charge in [-0.1, -0.05) is 29.8 Å². The van der Waals surface area contributed by atoms with Gasteiger partial charge in [-0.05, 0) is 23.8 Å². The molecular weight excluding hydrogens is 264 g/mol. The molecule has 0 aliphatic rings. The van der Waals surface area contributed by atoms with E-state index in [0.29, 0.717) is 24.1 Å². The van der Waals surface area contributed by atoms with Gasteiger partial charge in [0.05, 0.1) is 6.26 Å². The minimum absolute atomic E-state index is 0.506. The number of furan rings is 1. The van der Waals surface area contributed by atoms with Crippen molar-refractivity contribution in [2.75, 3.05) is 5.32 Å². The van der Waals surface area contributed by atoms with Crippen LogP contribution >= 0.6 is 11.6 Å². The van der Waals surface area contributed by atoms with Crippen molar-refractivity contribution in [2.24, 2.45) is 0 Å². The highest BCUT2D eigenvalue weighted by molar-refractivity contribution is 6.31. The Morgan fingerprint density at radius 2 is 2.11 bits per heavy atom. The van der Waals surface area contributed by atoms with Crippen LogP contribution in [0.15, 0.2) is 47.1 Å². The summed E-state index contributed by atoms with van der Waals surface area (Å²) < 4.78 is 5.23. The number of aromatic amines is 1. The van der Waals surface area contributed by atoms with Crippen LogP contribution in [0.2, 0.25) is 5.02 Å². The highest BCUT2D eigenvalue weighted by Gasteiger charge is 2.07. The molecule has 0 aliphatic carbocycles. The van der Waals surface area contributed by atoms with Gasteiger partial charge in [0.1, 0.15) is 0 Å². The lowest BCUT2D eigenvalue weighted by molar-refractivity contribution is 0.577. The van der Waals surface area contributed by atoms with Crippen LogP contribution in [0, 0.1) is 0 Å². The van der Waals surface area contributed by atoms with E-state index in [2.05, 4.69) is 20.5 Å². The number of hydrogen-bond acceptors (Lipinski definition) is 4. The third-order valence-corrected chi connectivity index (χ3v) is 3.00. The van der Waals surface area contributed by atoms with E-state index in [1.54, 1.807) is 12.3 Å². The monoisotopic (exact) mass is 274 g/mol. The van der Waals surface area contributed by atoms with Crippen molar-refractivity contribution in [1.29, 1.82) is 0 Å². The number of H-pyrrole nitrogens is 1. The molecule has 3 rings (SSSR count). The maximum absolute atomic E-state index is 6.07. The Kier molecular flexibility index (Phi) is 3.20. The molecule has 0 atom stereocenters. The van der Waals surface area contributed by atoms with E-state index in [9.17, 15) is 0 Å². The fourth-order valence-electron chi connectivity index (χ4n) is 1.68. The van der Waals surface area contributed by atoms with E-state index in [1.165, 1.54) is 0 Å². The second-order valence-corrected chi connectivity index (χ2v) is 4.34. The van der Waals surface area contributed by atoms with Gasteiger partial charge in [0.2, 0.25) is 5.95 Å². The normalized spacial score (nSPS) is 10.6. The topological polar surface area (TPSA) is 66.7 Å². The minimum atomic E-state index is 0.506. The number of nitrogens with zero attached hydrogens (tertiary/aromatic N) is 2. The first-order valence-corrected chi connectivity index (χ1v) is 6.14. The van der Waals surface area contributed by atoms with Crippen LogP contribution in [0.3, 0.4) is 0 Å². The molecule has 0 saturated carbocycles. The number of aromatic nitrogens is 3. The Morgan fingerprint density at radius 1 is 1.21 bits per heavy atom. The third-order valence-electron chi connectivity index (χ3n) is 2.63. The van der Waals surface area contributed by atoms with Gasteiger partial charge in [-0.3, -0.25) is 5.10 Å². The Hall–Kier alpha value is -2.27. The first-order valence-electron chi connectivity index (χ1n) is 5.76. The molecule has 0 amide bonds. The molecule has 0 radical (unpaired) electrons. The molecule has 96 valence electrons. The molecule has 0 bridgehead atoms. The fraction of sp³-hybridized carbons (Fsp3) is 0.0769. The summed E-state index contributed by atoms with van der Waals surface area (Å²) in [6, 6.07) is 11.3. The summed E-state index contributed by atoms with van der Waals surface area (Å²) in [5, 5.41) is 10.7. The summed E-state index contributed by atoms with van der Waals surface area (Å²) >= 11 is 6.07. The molecule has 19 heavy (non-hydrogen) atoms. The van der Waals surface area contributed by atoms with Crippen molar-refractivity contribution < 1.29 is 4.42 Å². The molecule has 0 aliphatic heterocycles. The van der Waals surface area contributed by atoms with E-state index in [1.807, 2.05) is 30.3 Å². The average molecular weight is 275 g/mol. The molecule has 0 fully saturated rings. The molecule has 0 saturated heterocycles. The van der Waals surface area contributed by atoms with E-state index < -0.39 is 0 Å². The van der Waals surface area contributed by atoms with Crippen molar-refractivity contribution in [1.82, 2.24) is 15.2 Å². The van der Waals surface area contributed by atoms with Gasteiger partial charge in [-0.25, -0.2) is 0 Å². The molecule has 2 heterocycles. The van der Waals surface area contributed by atoms with Gasteiger partial charge in [-0.15, -0.1) is 5.10 Å². The molecule has 5 nitrogen and oxygen atoms in total. The summed E-state index contributed by atoms with van der Waals surface area (Å²) in [7, 11) is 0. The van der Waals surface area contributed by atoms with E-state index in [0.717, 1.165) is 10.6 Å². The quantitative estimate of drug-likeness (QED) is 0.766. The summed E-state index contributed by atoms with van der Waals surface area (Å²) in [6.07, 6.45) is 1.59. The second kappa shape index (κ2) is 5.16. The number of halogens is 1. The van der Waals surface area contributed by atoms with Crippen LogP contribution < -0.4 is 5.32 Å². The molecule has 1 aromatic carbocycles. The number of benzene rings is 1. The first-order chi connectivity index (χ1) is 9.33. The number of nitrogens with one attached hydrogen (secondary N) is 2. The first kappa shape index (κ1) is 11.8. The van der Waals surface area contributed by atoms with Gasteiger partial charge in [0.15, 0.2) is 11.6 Å². The fourth-order valence-corrected chi connectivity index (χ4v) is 1.88. The van der Waals surface area contributed by atoms with Gasteiger partial charge >= 0.3 is 0 Å². The van der Waals surface area contributed by atoms with E-state index >= 15 is 0 Å². The highest BCUT2D eigenvalue weighted by atomic mass is 35.5. The lowest BCUT2D eigenvalue weighted by Gasteiger charge is -2.03. The third kappa shape index (κ3) is 2.61. The Morgan fingerprint density at radius 3 is 2.89 bits per heavy atom. The molecule has 2 aromatic heterocycles. The molecule has 3 aromatic rings. The highest BCUT2D eigenvalue weighted by Crippen LogP contribution is 2.18. The second-order valence-electron chi connectivity index (χ2n) is 3.93. The van der Waals surface area contributed by atoms with Crippen molar-refractivity contribution >= 4 is 17.5 Å². The molecular formula is C13H11ClN4O. The van der Waals surface area contributed by atoms with Gasteiger partial charge in [0.25, 0.3) is 0 Å². The predicted molar refractivity (Wildman–Crippen MR) is 72.9 cm³/mol. The zero-order chi connectivity index (χ0) is 13.1. The number of anilines is 1. The lowest BCUT2D eigenvalue weighted by Crippen LogP contribution is -2.01. The van der Waals surface area contributed by atoms with Crippen LogP contribution in [0.4, 0.5) is 5.95 Å². The Labute approximate surface area is 114 Å². The maximum Gasteiger partial charge on any atom is 0.242 e. The largest absolute Gasteiger partial charge is 0.461 e. The predicted octanol–water partition coefficient (Wildman–Crippen LogP) is 3.33. The van der Waals surface area contributed by atoms with E-state index in [-0.39, 0.29) is 0 Å². The van der Waals surface area contributed by atoms with E-state index in [4.69, 9.17) is 16.0 Å². The van der Waals surface area contributed by atoms with Crippen molar-refractivity contribution in [3.63, 3.8) is 0 Å². The SMILES string of the molecule is Clc1ccccc1CNc1n[nH]c(-c2ccco2)n1. The van der Waals surface area contributed by atoms with Crippen LogP contribution in [-0.4, -0.2) is 15.2 Å². The van der Waals surface area contributed by atoms with Crippen LogP contribution in [0.1, 0.15) is 5.56 Å². The van der Waals surface area contributed by atoms with Crippen LogP contribution in [0.25, 0.3) is 11.6 Å². The molecule has 0 spiro atoms. The van der Waals surface area contributed by atoms with Crippen molar-refractivity contribution in [3.8, 4) is 11.6 Å². The van der Waals surface area contributed by atoms with Gasteiger partial charge in [0, 0.05) is 11.6 Å². The minimum Gasteiger partial charge on any atom is -0.461 e. The Bertz CT molecular complexity index is 663. The standard InChI is InChI=1S/C13H11ClN4O/c14-10-5-2-1-4-9(10)8-15-13-16-12(17-18-13)11-6-3-7-19-11/h1-7H,8H2,(H2,15,16,17,18). The lowest BCUT2D eigenvalue weighted by atomic mass is 10.2. The Balaban J connectivity index is 1.70. The average Bonchev–Trinajstić information content (AvgIpc) is 3.09. The maximum atomic E-state index is 6.07. The summed E-state index contributed by atoms with van der Waals surface area (Å²) in [5.74, 6) is 1.75. The summed E-state index contributed by atoms with van der Waals surface area (Å²) in [6.45, 7) is 0.565. The van der Waals surface area contributed by atoms with Gasteiger partial charge in [-0.2, -0.15) is 4.98 Å². The summed E-state index contributed by atoms with van der Waals surface area (Å²) in [5.41, 5.74) is 0.994. The zero-order valence-electron chi connectivity index (χ0n) is 9.93. The van der Waals surface area contributed by atoms with Crippen molar-refractivity contribution in [3.05, 3.63) is 53.2 Å². The number of hydrogen-bond donors (Lipinski definition) is 2.